The highest BCUT2D eigenvalue weighted by molar-refractivity contribution is 6.38. The highest BCUT2D eigenvalue weighted by Gasteiger charge is 2.12. The zero-order valence-electron chi connectivity index (χ0n) is 6.97. The van der Waals surface area contributed by atoms with Crippen LogP contribution in [0.1, 0.15) is 32.6 Å². The fraction of sp³-hybridized carbons (Fsp3) is 0.778. The molecule has 0 saturated heterocycles. The Bertz CT molecular complexity index is 74.8. The first-order valence-corrected chi connectivity index (χ1v) is 6.40. The van der Waals surface area contributed by atoms with Crippen molar-refractivity contribution in [3.05, 3.63) is 12.8 Å². The lowest BCUT2D eigenvalue weighted by molar-refractivity contribution is 0.704. The Kier molecular flexibility index (Phi) is 4.11. The number of hydrogen-bond acceptors (Lipinski definition) is 0. The molecule has 0 aromatic rings. The van der Waals surface area contributed by atoms with Gasteiger partial charge in [-0.2, -0.15) is 0 Å². The van der Waals surface area contributed by atoms with Gasteiger partial charge in [-0.15, -0.1) is 0 Å². The van der Waals surface area contributed by atoms with Gasteiger partial charge in [0.2, 0.25) is 0 Å². The van der Waals surface area contributed by atoms with Crippen LogP contribution in [-0.2, 0) is 0 Å². The zero-order valence-corrected chi connectivity index (χ0v) is 8.39. The molecule has 1 rings (SSSR count). The van der Waals surface area contributed by atoms with E-state index in [1.807, 2.05) is 0 Å². The Morgan fingerprint density at radius 3 is 3.00 bits per heavy atom. The summed E-state index contributed by atoms with van der Waals surface area (Å²) in [7, 11) is 0.279. The van der Waals surface area contributed by atoms with Gasteiger partial charge in [0.25, 0.3) is 0 Å². The first-order chi connectivity index (χ1) is 4.93. The molecule has 1 fully saturated rings. The van der Waals surface area contributed by atoms with Crippen molar-refractivity contribution in [3.63, 3.8) is 0 Å². The average molecular weight is 154 g/mol. The maximum Gasteiger partial charge on any atom is 0.0235 e. The van der Waals surface area contributed by atoms with E-state index >= 15 is 0 Å². The van der Waals surface area contributed by atoms with Gasteiger partial charge in [0.05, 0.1) is 0 Å². The van der Waals surface area contributed by atoms with Gasteiger partial charge in [-0.3, -0.25) is 0 Å². The molecule has 10 heavy (non-hydrogen) atoms. The van der Waals surface area contributed by atoms with Crippen LogP contribution in [0.4, 0.5) is 0 Å². The third kappa shape index (κ3) is 2.87. The summed E-state index contributed by atoms with van der Waals surface area (Å²) in [5.74, 6) is 0. The molecule has 1 heteroatoms. The van der Waals surface area contributed by atoms with Gasteiger partial charge < -0.3 is 0 Å². The van der Waals surface area contributed by atoms with Crippen LogP contribution in [0.3, 0.4) is 0 Å². The molecule has 0 N–H and O–H groups in total. The summed E-state index contributed by atoms with van der Waals surface area (Å²) in [5.41, 5.74) is 1.06. The summed E-state index contributed by atoms with van der Waals surface area (Å²) < 4.78 is 0. The van der Waals surface area contributed by atoms with Crippen LogP contribution in [0.15, 0.2) is 0 Å². The third-order valence-electron chi connectivity index (χ3n) is 2.27. The van der Waals surface area contributed by atoms with Crippen molar-refractivity contribution in [2.45, 2.75) is 44.2 Å². The second kappa shape index (κ2) is 4.95. The van der Waals surface area contributed by atoms with Gasteiger partial charge in [-0.1, -0.05) is 19.4 Å². The molecular weight excluding hydrogens is 136 g/mol. The van der Waals surface area contributed by atoms with Gasteiger partial charge in [0.1, 0.15) is 0 Å². The molecule has 0 aromatic heterocycles. The molecule has 1 aliphatic rings. The van der Waals surface area contributed by atoms with Crippen molar-refractivity contribution >= 4 is 9.52 Å². The summed E-state index contributed by atoms with van der Waals surface area (Å²) in [6, 6.07) is 1.55. The van der Waals surface area contributed by atoms with Gasteiger partial charge >= 0.3 is 0 Å². The smallest absolute Gasteiger partial charge is 0.0235 e. The molecule has 1 unspecified atom stereocenters. The third-order valence-corrected chi connectivity index (χ3v) is 4.79. The van der Waals surface area contributed by atoms with Crippen LogP contribution in [-0.4, -0.2) is 9.52 Å². The van der Waals surface area contributed by atoms with E-state index in [1.165, 1.54) is 25.7 Å². The molecule has 0 aliphatic heterocycles. The lowest BCUT2D eigenvalue weighted by Gasteiger charge is -2.19. The summed E-state index contributed by atoms with van der Waals surface area (Å²) >= 11 is 0. The zero-order chi connectivity index (χ0) is 7.23. The minimum atomic E-state index is 0.279. The number of rotatable bonds is 3. The quantitative estimate of drug-likeness (QED) is 0.547. The Hall–Kier alpha value is 0.217. The van der Waals surface area contributed by atoms with Crippen molar-refractivity contribution in [1.29, 1.82) is 0 Å². The summed E-state index contributed by atoms with van der Waals surface area (Å²) in [6.45, 7) is 2.31. The van der Waals surface area contributed by atoms with Gasteiger partial charge in [-0.05, 0) is 37.6 Å². The topological polar surface area (TPSA) is 0 Å². The summed E-state index contributed by atoms with van der Waals surface area (Å²) in [4.78, 5) is 0. The lowest BCUT2D eigenvalue weighted by atomic mass is 10.0. The predicted molar refractivity (Wildman–Crippen MR) is 49.8 cm³/mol. The van der Waals surface area contributed by atoms with E-state index in [9.17, 15) is 0 Å². The Labute approximate surface area is 67.2 Å². The van der Waals surface area contributed by atoms with E-state index < -0.39 is 0 Å². The van der Waals surface area contributed by atoms with Crippen molar-refractivity contribution in [2.24, 2.45) is 0 Å². The number of hydrogen-bond donors (Lipinski definition) is 0. The fourth-order valence-corrected chi connectivity index (χ4v) is 3.46. The van der Waals surface area contributed by atoms with Crippen LogP contribution in [0.25, 0.3) is 0 Å². The van der Waals surface area contributed by atoms with Gasteiger partial charge in [0.15, 0.2) is 0 Å². The largest absolute Gasteiger partial charge is 0.0657 e. The van der Waals surface area contributed by atoms with E-state index in [1.54, 1.807) is 6.04 Å². The molecule has 0 heterocycles. The van der Waals surface area contributed by atoms with Crippen LogP contribution in [0, 0.1) is 12.8 Å². The molecular formula is C9H18Si. The average Bonchev–Trinajstić information content (AvgIpc) is 2.03. The van der Waals surface area contributed by atoms with Crippen LogP contribution in [0.2, 0.25) is 11.6 Å². The molecule has 1 saturated carbocycles. The van der Waals surface area contributed by atoms with E-state index in [2.05, 4.69) is 19.8 Å². The Morgan fingerprint density at radius 1 is 1.50 bits per heavy atom. The SMILES string of the molecule is CCC[SiH2]C1[CH]CC[CH]C1. The highest BCUT2D eigenvalue weighted by Crippen LogP contribution is 2.26. The summed E-state index contributed by atoms with van der Waals surface area (Å²) in [6.07, 6.45) is 10.6. The second-order valence-corrected chi connectivity index (χ2v) is 5.57. The van der Waals surface area contributed by atoms with Crippen molar-refractivity contribution in [3.8, 4) is 0 Å². The van der Waals surface area contributed by atoms with Gasteiger partial charge in [-0.25, -0.2) is 0 Å². The molecule has 58 valence electrons. The van der Waals surface area contributed by atoms with Crippen molar-refractivity contribution in [2.75, 3.05) is 0 Å². The normalized spacial score (nSPS) is 22.5. The van der Waals surface area contributed by atoms with E-state index in [0.717, 1.165) is 5.54 Å². The minimum absolute atomic E-state index is 0.279. The molecule has 0 spiro atoms. The van der Waals surface area contributed by atoms with Crippen molar-refractivity contribution < 1.29 is 0 Å². The molecule has 2 radical (unpaired) electrons. The summed E-state index contributed by atoms with van der Waals surface area (Å²) in [5, 5.41) is 0. The Morgan fingerprint density at radius 2 is 2.40 bits per heavy atom. The van der Waals surface area contributed by atoms with Crippen molar-refractivity contribution in [1.82, 2.24) is 0 Å². The van der Waals surface area contributed by atoms with Crippen LogP contribution < -0.4 is 0 Å². The molecule has 0 amide bonds. The predicted octanol–water partition coefficient (Wildman–Crippen LogP) is 2.36. The maximum atomic E-state index is 2.57. The Balaban J connectivity index is 2.02. The lowest BCUT2D eigenvalue weighted by Crippen LogP contribution is -2.08. The maximum absolute atomic E-state index is 2.57. The van der Waals surface area contributed by atoms with Crippen LogP contribution in [0.5, 0.6) is 0 Å². The molecule has 1 aliphatic carbocycles. The first-order valence-electron chi connectivity index (χ1n) is 4.58. The van der Waals surface area contributed by atoms with E-state index in [-0.39, 0.29) is 9.52 Å². The van der Waals surface area contributed by atoms with E-state index in [4.69, 9.17) is 0 Å². The fourth-order valence-electron chi connectivity index (χ4n) is 1.58. The van der Waals surface area contributed by atoms with E-state index in [0.29, 0.717) is 0 Å². The molecule has 0 aromatic carbocycles. The molecule has 0 nitrogen and oxygen atoms in total. The monoisotopic (exact) mass is 154 g/mol. The molecule has 1 atom stereocenters. The first kappa shape index (κ1) is 8.31. The van der Waals surface area contributed by atoms with Crippen LogP contribution >= 0.6 is 0 Å². The minimum Gasteiger partial charge on any atom is -0.0657 e. The standard InChI is InChI=1S/C9H18Si/c1-2-8-10-9-6-4-3-5-7-9/h4,7,9H,2-3,5-6,8,10H2,1H3. The highest BCUT2D eigenvalue weighted by atomic mass is 28.2. The van der Waals surface area contributed by atoms with Gasteiger partial charge in [0, 0.05) is 9.52 Å². The second-order valence-electron chi connectivity index (χ2n) is 3.24. The molecule has 0 bridgehead atoms.